The van der Waals surface area contributed by atoms with Gasteiger partial charge < -0.3 is 5.73 Å². The van der Waals surface area contributed by atoms with E-state index in [1.807, 2.05) is 6.92 Å². The molecule has 0 aromatic heterocycles. The van der Waals surface area contributed by atoms with Crippen molar-refractivity contribution >= 4 is 12.4 Å². The molecule has 1 aliphatic rings. The van der Waals surface area contributed by atoms with Gasteiger partial charge in [-0.3, -0.25) is 4.90 Å². The van der Waals surface area contributed by atoms with Gasteiger partial charge in [-0.1, -0.05) is 6.92 Å². The fourth-order valence-electron chi connectivity index (χ4n) is 2.59. The summed E-state index contributed by atoms with van der Waals surface area (Å²) < 4.78 is 26.9. The molecule has 0 radical (unpaired) electrons. The summed E-state index contributed by atoms with van der Waals surface area (Å²) in [7, 11) is 0. The van der Waals surface area contributed by atoms with Crippen LogP contribution in [0.4, 0.5) is 8.78 Å². The van der Waals surface area contributed by atoms with Crippen LogP contribution in [0.15, 0.2) is 18.2 Å². The van der Waals surface area contributed by atoms with E-state index in [1.54, 1.807) is 0 Å². The number of benzene rings is 1. The second kappa shape index (κ2) is 6.16. The minimum Gasteiger partial charge on any atom is -0.330 e. The SMILES string of the molecule is CC(c1cc(F)ccc1F)N1CCC(C)(CN)C1.Cl. The van der Waals surface area contributed by atoms with Crippen LogP contribution >= 0.6 is 12.4 Å². The maximum Gasteiger partial charge on any atom is 0.128 e. The highest BCUT2D eigenvalue weighted by atomic mass is 35.5. The average molecular weight is 291 g/mol. The molecule has 1 saturated heterocycles. The van der Waals surface area contributed by atoms with E-state index in [0.29, 0.717) is 12.1 Å². The molecule has 2 atom stereocenters. The third-order valence-electron chi connectivity index (χ3n) is 4.04. The van der Waals surface area contributed by atoms with Crippen molar-refractivity contribution in [1.29, 1.82) is 0 Å². The lowest BCUT2D eigenvalue weighted by molar-refractivity contribution is 0.223. The first kappa shape index (κ1) is 16.3. The Balaban J connectivity index is 0.00000180. The molecule has 1 aromatic rings. The molecule has 5 heteroatoms. The van der Waals surface area contributed by atoms with Crippen molar-refractivity contribution < 1.29 is 8.78 Å². The number of nitrogens with zero attached hydrogens (tertiary/aromatic N) is 1. The van der Waals surface area contributed by atoms with Crippen LogP contribution in [0.3, 0.4) is 0 Å². The van der Waals surface area contributed by atoms with Crippen LogP contribution in [0.25, 0.3) is 0 Å². The third-order valence-corrected chi connectivity index (χ3v) is 4.04. The summed E-state index contributed by atoms with van der Waals surface area (Å²) in [5.74, 6) is -0.732. The first-order valence-electron chi connectivity index (χ1n) is 6.34. The molecule has 0 spiro atoms. The van der Waals surface area contributed by atoms with Crippen molar-refractivity contribution in [1.82, 2.24) is 4.90 Å². The summed E-state index contributed by atoms with van der Waals surface area (Å²) in [5.41, 5.74) is 6.28. The standard InChI is InChI=1S/C14H20F2N2.ClH/c1-10(12-7-11(15)3-4-13(12)16)18-6-5-14(2,8-17)9-18;/h3-4,7,10H,5-6,8-9,17H2,1-2H3;1H. The van der Waals surface area contributed by atoms with E-state index in [9.17, 15) is 8.78 Å². The van der Waals surface area contributed by atoms with Crippen LogP contribution in [0.5, 0.6) is 0 Å². The number of hydrogen-bond acceptors (Lipinski definition) is 2. The Bertz CT molecular complexity index is 441. The molecule has 2 nitrogen and oxygen atoms in total. The van der Waals surface area contributed by atoms with E-state index in [2.05, 4.69) is 11.8 Å². The maximum atomic E-state index is 13.7. The van der Waals surface area contributed by atoms with Crippen LogP contribution in [0.1, 0.15) is 31.9 Å². The van der Waals surface area contributed by atoms with Crippen LogP contribution < -0.4 is 5.73 Å². The highest BCUT2D eigenvalue weighted by Gasteiger charge is 2.35. The summed E-state index contributed by atoms with van der Waals surface area (Å²) in [6.07, 6.45) is 1.00. The molecule has 0 bridgehead atoms. The molecule has 2 unspecified atom stereocenters. The van der Waals surface area contributed by atoms with Gasteiger partial charge in [0.15, 0.2) is 0 Å². The number of likely N-dealkylation sites (tertiary alicyclic amines) is 1. The molecule has 0 amide bonds. The van der Waals surface area contributed by atoms with Gasteiger partial charge in [0.05, 0.1) is 0 Å². The lowest BCUT2D eigenvalue weighted by Crippen LogP contribution is -2.32. The summed E-state index contributed by atoms with van der Waals surface area (Å²) >= 11 is 0. The fraction of sp³-hybridized carbons (Fsp3) is 0.571. The van der Waals surface area contributed by atoms with Gasteiger partial charge in [-0.05, 0) is 50.0 Å². The van der Waals surface area contributed by atoms with Gasteiger partial charge in [0, 0.05) is 18.2 Å². The van der Waals surface area contributed by atoms with E-state index in [-0.39, 0.29) is 35.5 Å². The summed E-state index contributed by atoms with van der Waals surface area (Å²) in [6.45, 7) is 6.40. The smallest absolute Gasteiger partial charge is 0.128 e. The van der Waals surface area contributed by atoms with Crippen LogP contribution in [0.2, 0.25) is 0 Å². The number of rotatable bonds is 3. The van der Waals surface area contributed by atoms with E-state index in [1.165, 1.54) is 12.1 Å². The Kier molecular flexibility index (Phi) is 5.30. The molecule has 1 heterocycles. The summed E-state index contributed by atoms with van der Waals surface area (Å²) in [5, 5.41) is 0. The zero-order valence-corrected chi connectivity index (χ0v) is 12.1. The van der Waals surface area contributed by atoms with E-state index >= 15 is 0 Å². The van der Waals surface area contributed by atoms with Gasteiger partial charge in [-0.25, -0.2) is 8.78 Å². The van der Waals surface area contributed by atoms with Gasteiger partial charge in [0.2, 0.25) is 0 Å². The summed E-state index contributed by atoms with van der Waals surface area (Å²) in [6, 6.07) is 3.52. The quantitative estimate of drug-likeness (QED) is 0.927. The zero-order chi connectivity index (χ0) is 13.3. The molecule has 108 valence electrons. The predicted octanol–water partition coefficient (Wildman–Crippen LogP) is 3.12. The Hall–Kier alpha value is -0.710. The molecule has 0 aliphatic carbocycles. The topological polar surface area (TPSA) is 29.3 Å². The van der Waals surface area contributed by atoms with Crippen molar-refractivity contribution in [3.8, 4) is 0 Å². The van der Waals surface area contributed by atoms with Gasteiger partial charge in [-0.15, -0.1) is 12.4 Å². The average Bonchev–Trinajstić information content (AvgIpc) is 2.75. The molecule has 1 aromatic carbocycles. The summed E-state index contributed by atoms with van der Waals surface area (Å²) in [4.78, 5) is 2.17. The lowest BCUT2D eigenvalue weighted by atomic mass is 9.90. The van der Waals surface area contributed by atoms with Crippen LogP contribution in [-0.2, 0) is 0 Å². The van der Waals surface area contributed by atoms with Crippen LogP contribution in [0, 0.1) is 17.0 Å². The normalized spacial score (nSPS) is 25.1. The van der Waals surface area contributed by atoms with Crippen molar-refractivity contribution in [2.45, 2.75) is 26.3 Å². The van der Waals surface area contributed by atoms with Gasteiger partial charge in [0.25, 0.3) is 0 Å². The lowest BCUT2D eigenvalue weighted by Gasteiger charge is -2.27. The second-order valence-electron chi connectivity index (χ2n) is 5.58. The van der Waals surface area contributed by atoms with E-state index in [4.69, 9.17) is 5.73 Å². The minimum absolute atomic E-state index is 0. The van der Waals surface area contributed by atoms with Crippen molar-refractivity contribution in [2.24, 2.45) is 11.1 Å². The molecule has 2 N–H and O–H groups in total. The number of hydrogen-bond donors (Lipinski definition) is 1. The Labute approximate surface area is 119 Å². The fourth-order valence-corrected chi connectivity index (χ4v) is 2.59. The van der Waals surface area contributed by atoms with E-state index in [0.717, 1.165) is 25.6 Å². The molecule has 0 saturated carbocycles. The second-order valence-corrected chi connectivity index (χ2v) is 5.58. The minimum atomic E-state index is -0.390. The highest BCUT2D eigenvalue weighted by molar-refractivity contribution is 5.85. The Morgan fingerprint density at radius 3 is 2.68 bits per heavy atom. The van der Waals surface area contributed by atoms with Crippen molar-refractivity contribution in [3.63, 3.8) is 0 Å². The van der Waals surface area contributed by atoms with Crippen molar-refractivity contribution in [3.05, 3.63) is 35.4 Å². The number of halogens is 3. The molecule has 1 fully saturated rings. The predicted molar refractivity (Wildman–Crippen MR) is 75.4 cm³/mol. The van der Waals surface area contributed by atoms with E-state index < -0.39 is 0 Å². The molecule has 2 rings (SSSR count). The van der Waals surface area contributed by atoms with Crippen molar-refractivity contribution in [2.75, 3.05) is 19.6 Å². The molecule has 19 heavy (non-hydrogen) atoms. The third kappa shape index (κ3) is 3.44. The Morgan fingerprint density at radius 1 is 1.42 bits per heavy atom. The molecular formula is C14H21ClF2N2. The van der Waals surface area contributed by atoms with Gasteiger partial charge in [0.1, 0.15) is 11.6 Å². The Morgan fingerprint density at radius 2 is 2.11 bits per heavy atom. The molecular weight excluding hydrogens is 270 g/mol. The molecule has 1 aliphatic heterocycles. The zero-order valence-electron chi connectivity index (χ0n) is 11.3. The monoisotopic (exact) mass is 290 g/mol. The van der Waals surface area contributed by atoms with Gasteiger partial charge in [-0.2, -0.15) is 0 Å². The number of nitrogens with two attached hydrogens (primary N) is 1. The van der Waals surface area contributed by atoms with Gasteiger partial charge >= 0.3 is 0 Å². The first-order chi connectivity index (χ1) is 8.45. The van der Waals surface area contributed by atoms with Crippen LogP contribution in [-0.4, -0.2) is 24.5 Å². The maximum absolute atomic E-state index is 13.7. The largest absolute Gasteiger partial charge is 0.330 e. The first-order valence-corrected chi connectivity index (χ1v) is 6.34. The highest BCUT2D eigenvalue weighted by Crippen LogP contribution is 2.35.